The molecule has 8 aromatic rings. The molecule has 0 fully saturated rings. The van der Waals surface area contributed by atoms with E-state index in [1.165, 1.54) is 23.8 Å². The number of aromatic nitrogens is 2. The van der Waals surface area contributed by atoms with Crippen molar-refractivity contribution in [3.8, 4) is 5.69 Å². The predicted molar refractivity (Wildman–Crippen MR) is 283 cm³/mol. The second kappa shape index (κ2) is 17.9. The molecule has 0 saturated heterocycles. The molecule has 0 spiro atoms. The van der Waals surface area contributed by atoms with Crippen molar-refractivity contribution in [2.75, 3.05) is 9.80 Å². The van der Waals surface area contributed by atoms with Gasteiger partial charge in [-0.15, -0.1) is 0 Å². The summed E-state index contributed by atoms with van der Waals surface area (Å²) >= 11 is 0. The molecule has 0 N–H and O–H groups in total. The number of fused-ring (bicyclic) bond motifs is 4. The van der Waals surface area contributed by atoms with Gasteiger partial charge in [0.15, 0.2) is 0 Å². The Bertz CT molecular complexity index is 3450. The first-order valence-electron chi connectivity index (χ1n) is 23.3. The van der Waals surface area contributed by atoms with Gasteiger partial charge in [0.1, 0.15) is 11.6 Å². The van der Waals surface area contributed by atoms with Crippen LogP contribution in [0.15, 0.2) is 218 Å². The number of hydrogen-bond acceptors (Lipinski definition) is 2. The Balaban J connectivity index is 0.915. The average molecular weight is 889 g/mol. The number of benzene rings is 6. The number of nitrogens with zero attached hydrogens (tertiary/aromatic N) is 4. The van der Waals surface area contributed by atoms with Gasteiger partial charge in [0.25, 0.3) is 0 Å². The monoisotopic (exact) mass is 888 g/mol. The standard InChI is InChI=1S/C62H50F2N4/c1-4-14-55-43(3)65(50-32-25-46(63)26-33-50)61-37-34-53(40-57(55)61)66(48-15-8-5-9-16-48)51-28-21-44(22-29-51)45-23-30-52(31-24-45)67(49-17-10-6-11-18-49)54-35-38-62-58(41-54)56-19-12-7-13-20-60(56)68(62)59-36-27-47(64)39-42(59)2/h4-6,8-28,30-41,51,59H,2,7,29H2,1,3H3/b14-4-. The van der Waals surface area contributed by atoms with Gasteiger partial charge in [-0.3, -0.25) is 0 Å². The topological polar surface area (TPSA) is 16.3 Å². The summed E-state index contributed by atoms with van der Waals surface area (Å²) in [5.41, 5.74) is 16.0. The fourth-order valence-corrected chi connectivity index (χ4v) is 10.3. The van der Waals surface area contributed by atoms with Gasteiger partial charge in [-0.1, -0.05) is 110 Å². The first kappa shape index (κ1) is 42.4. The smallest absolute Gasteiger partial charge is 0.123 e. The zero-order valence-corrected chi connectivity index (χ0v) is 38.1. The van der Waals surface area contributed by atoms with Gasteiger partial charge in [-0.2, -0.15) is 0 Å². The lowest BCUT2D eigenvalue weighted by Crippen LogP contribution is -2.30. The molecule has 6 heteroatoms. The van der Waals surface area contributed by atoms with Crippen LogP contribution in [-0.4, -0.2) is 15.2 Å². The van der Waals surface area contributed by atoms with Crippen LogP contribution in [0.2, 0.25) is 0 Å². The highest BCUT2D eigenvalue weighted by atomic mass is 19.1. The third-order valence-electron chi connectivity index (χ3n) is 13.4. The van der Waals surface area contributed by atoms with E-state index >= 15 is 0 Å². The van der Waals surface area contributed by atoms with Crippen LogP contribution < -0.4 is 9.80 Å². The van der Waals surface area contributed by atoms with E-state index < -0.39 is 0 Å². The molecule has 0 radical (unpaired) electrons. The van der Waals surface area contributed by atoms with Gasteiger partial charge in [0.05, 0.1) is 23.1 Å². The average Bonchev–Trinajstić information content (AvgIpc) is 3.67. The van der Waals surface area contributed by atoms with Crippen LogP contribution in [0.3, 0.4) is 0 Å². The third-order valence-corrected chi connectivity index (χ3v) is 13.4. The molecule has 11 rings (SSSR count). The molecule has 0 aliphatic heterocycles. The van der Waals surface area contributed by atoms with Gasteiger partial charge < -0.3 is 18.9 Å². The summed E-state index contributed by atoms with van der Waals surface area (Å²) in [7, 11) is 0. The molecule has 2 aromatic heterocycles. The summed E-state index contributed by atoms with van der Waals surface area (Å²) in [6.07, 6.45) is 26.6. The Kier molecular flexibility index (Phi) is 11.1. The van der Waals surface area contributed by atoms with Gasteiger partial charge in [0, 0.05) is 67.4 Å². The van der Waals surface area contributed by atoms with Crippen molar-refractivity contribution < 1.29 is 8.78 Å². The molecule has 2 unspecified atom stereocenters. The SMILES string of the molecule is C=C1C=C(F)C=CC1n1c2c(c3cc(N(c4ccccc4)c4ccc(C5=CCC(N(c6ccccc6)c6ccc7c(c6)c(/C=C\C)c(C)n7-c6ccc(F)cc6)C=C5)cc4)ccc31)C=CCC=C2. The van der Waals surface area contributed by atoms with Gasteiger partial charge in [-0.25, -0.2) is 8.78 Å². The van der Waals surface area contributed by atoms with Crippen LogP contribution in [0.5, 0.6) is 0 Å². The molecule has 68 heavy (non-hydrogen) atoms. The number of halogens is 2. The maximum absolute atomic E-state index is 14.3. The highest BCUT2D eigenvalue weighted by molar-refractivity contribution is 5.99. The van der Waals surface area contributed by atoms with E-state index in [4.69, 9.17) is 0 Å². The minimum Gasteiger partial charge on any atom is -0.334 e. The summed E-state index contributed by atoms with van der Waals surface area (Å²) in [6.45, 7) is 8.43. The maximum atomic E-state index is 14.3. The van der Waals surface area contributed by atoms with Crippen LogP contribution in [0.4, 0.5) is 37.2 Å². The van der Waals surface area contributed by atoms with Gasteiger partial charge in [0.2, 0.25) is 0 Å². The van der Waals surface area contributed by atoms with Crippen molar-refractivity contribution in [1.29, 1.82) is 0 Å². The minimum atomic E-state index is -0.276. The summed E-state index contributed by atoms with van der Waals surface area (Å²) < 4.78 is 32.8. The molecule has 2 atom stereocenters. The van der Waals surface area contributed by atoms with Gasteiger partial charge >= 0.3 is 0 Å². The lowest BCUT2D eigenvalue weighted by Gasteiger charge is -2.33. The lowest BCUT2D eigenvalue weighted by molar-refractivity contribution is 0.627. The molecular weight excluding hydrogens is 839 g/mol. The highest BCUT2D eigenvalue weighted by Gasteiger charge is 2.26. The van der Waals surface area contributed by atoms with E-state index in [9.17, 15) is 8.78 Å². The lowest BCUT2D eigenvalue weighted by atomic mass is 9.95. The first-order valence-corrected chi connectivity index (χ1v) is 23.3. The molecule has 3 aliphatic rings. The molecule has 0 amide bonds. The quantitative estimate of drug-likeness (QED) is 0.136. The molecule has 0 saturated carbocycles. The second-order valence-electron chi connectivity index (χ2n) is 17.6. The molecule has 2 heterocycles. The number of allylic oxidation sites excluding steroid dienone is 10. The molecule has 4 nitrogen and oxygen atoms in total. The van der Waals surface area contributed by atoms with E-state index in [0.717, 1.165) is 102 Å². The highest BCUT2D eigenvalue weighted by Crippen LogP contribution is 2.43. The summed E-state index contributed by atoms with van der Waals surface area (Å²) in [6, 6.07) is 50.0. The van der Waals surface area contributed by atoms with Crippen molar-refractivity contribution >= 4 is 74.0 Å². The van der Waals surface area contributed by atoms with Crippen LogP contribution in [0, 0.1) is 12.7 Å². The Hall–Kier alpha value is -8.22. The second-order valence-corrected chi connectivity index (χ2v) is 17.6. The Labute approximate surface area is 396 Å². The Morgan fingerprint density at radius 3 is 2.06 bits per heavy atom. The number of hydrogen-bond donors (Lipinski definition) is 0. The largest absolute Gasteiger partial charge is 0.334 e. The summed E-state index contributed by atoms with van der Waals surface area (Å²) in [5, 5.41) is 2.27. The Morgan fingerprint density at radius 1 is 0.662 bits per heavy atom. The van der Waals surface area contributed by atoms with E-state index in [0.29, 0.717) is 0 Å². The minimum absolute atomic E-state index is 0.0758. The van der Waals surface area contributed by atoms with Gasteiger partial charge in [-0.05, 0) is 159 Å². The number of anilines is 5. The normalized spacial score (nSPS) is 16.6. The van der Waals surface area contributed by atoms with Crippen molar-refractivity contribution in [1.82, 2.24) is 9.13 Å². The molecule has 3 aliphatic carbocycles. The van der Waals surface area contributed by atoms with Crippen LogP contribution in [-0.2, 0) is 0 Å². The fourth-order valence-electron chi connectivity index (χ4n) is 10.3. The zero-order valence-electron chi connectivity index (χ0n) is 38.1. The maximum Gasteiger partial charge on any atom is 0.123 e. The predicted octanol–water partition coefficient (Wildman–Crippen LogP) is 17.0. The van der Waals surface area contributed by atoms with Crippen LogP contribution in [0.25, 0.3) is 51.3 Å². The molecule has 332 valence electrons. The van der Waals surface area contributed by atoms with Crippen LogP contribution >= 0.6 is 0 Å². The van der Waals surface area contributed by atoms with Crippen molar-refractivity contribution in [2.45, 2.75) is 38.8 Å². The van der Waals surface area contributed by atoms with E-state index in [1.807, 2.05) is 31.2 Å². The van der Waals surface area contributed by atoms with E-state index in [1.54, 1.807) is 6.08 Å². The number of rotatable bonds is 10. The summed E-state index contributed by atoms with van der Waals surface area (Å²) in [4.78, 5) is 4.75. The molecule has 0 bridgehead atoms. The van der Waals surface area contributed by atoms with Crippen LogP contribution in [0.1, 0.15) is 53.9 Å². The van der Waals surface area contributed by atoms with Crippen molar-refractivity contribution in [3.63, 3.8) is 0 Å². The van der Waals surface area contributed by atoms with E-state index in [-0.39, 0.29) is 23.7 Å². The van der Waals surface area contributed by atoms with Crippen molar-refractivity contribution in [2.24, 2.45) is 0 Å². The summed E-state index contributed by atoms with van der Waals surface area (Å²) in [5.74, 6) is -0.523. The first-order chi connectivity index (χ1) is 33.3. The third kappa shape index (κ3) is 7.68. The fraction of sp³-hybridized carbons (Fsp3) is 0.0968. The van der Waals surface area contributed by atoms with Crippen molar-refractivity contribution in [3.05, 3.63) is 252 Å². The molecule has 6 aromatic carbocycles. The Morgan fingerprint density at radius 2 is 1.34 bits per heavy atom. The number of para-hydroxylation sites is 2. The zero-order chi connectivity index (χ0) is 46.3. The molecular formula is C62H50F2N4. The van der Waals surface area contributed by atoms with E-state index in [2.05, 4.69) is 202 Å².